The third kappa shape index (κ3) is 4.41. The van der Waals surface area contributed by atoms with Gasteiger partial charge in [-0.1, -0.05) is 0 Å². The van der Waals surface area contributed by atoms with Gasteiger partial charge in [0.15, 0.2) is 13.2 Å². The fourth-order valence-electron chi connectivity index (χ4n) is 2.13. The number of cyclic esters (lactones) is 4. The molecule has 0 amide bonds. The summed E-state index contributed by atoms with van der Waals surface area (Å²) in [6, 6.07) is 0. The molecule has 2 atom stereocenters. The van der Waals surface area contributed by atoms with Crippen LogP contribution in [0, 0.1) is 0 Å². The van der Waals surface area contributed by atoms with Gasteiger partial charge < -0.3 is 18.9 Å². The number of hydrogen-bond acceptors (Lipinski definition) is 6. The largest absolute Gasteiger partial charge is 0.509 e. The second-order valence-electron chi connectivity index (χ2n) is 6.08. The molecule has 2 aliphatic heterocycles. The average Bonchev–Trinajstić information content (AvgIpc) is 3.17. The topological polar surface area (TPSA) is 71.1 Å². The van der Waals surface area contributed by atoms with E-state index in [4.69, 9.17) is 0 Å². The molecule has 0 aliphatic carbocycles. The molecule has 0 saturated carbocycles. The van der Waals surface area contributed by atoms with Crippen LogP contribution in [0.25, 0.3) is 0 Å². The second kappa shape index (κ2) is 7.99. The predicted molar refractivity (Wildman–Crippen MR) is 64.4 cm³/mol. The minimum absolute atomic E-state index is 2.24. The summed E-state index contributed by atoms with van der Waals surface area (Å²) in [6.45, 7) is -4.52. The highest BCUT2D eigenvalue weighted by Crippen LogP contribution is 2.55. The highest BCUT2D eigenvalue weighted by atomic mass is 19.4. The van der Waals surface area contributed by atoms with Gasteiger partial charge in [-0.25, -0.2) is 9.59 Å². The summed E-state index contributed by atoms with van der Waals surface area (Å²) in [5, 5.41) is 0. The van der Waals surface area contributed by atoms with E-state index in [9.17, 15) is 79.8 Å². The van der Waals surface area contributed by atoms with E-state index in [0.717, 1.165) is 0 Å². The van der Waals surface area contributed by atoms with E-state index < -0.39 is 73.3 Å². The Morgan fingerprint density at radius 2 is 0.735 bits per heavy atom. The Labute approximate surface area is 173 Å². The zero-order valence-electron chi connectivity index (χ0n) is 14.9. The molecule has 0 radical (unpaired) electrons. The normalized spacial score (nSPS) is 26.7. The van der Waals surface area contributed by atoms with Crippen LogP contribution in [0.5, 0.6) is 0 Å². The fourth-order valence-corrected chi connectivity index (χ4v) is 2.13. The molecule has 2 saturated heterocycles. The molecular weight excluding hydrogens is 544 g/mol. The van der Waals surface area contributed by atoms with Gasteiger partial charge >= 0.3 is 60.1 Å². The van der Waals surface area contributed by atoms with Gasteiger partial charge in [-0.05, 0) is 0 Å². The molecule has 0 spiro atoms. The molecule has 0 aromatic rings. The SMILES string of the molecule is O=C1OCC(C(F)(F)F)(C(F)(F)C(F)(F)F)O1.O=C1OCC(C(F)(F)F)(C(F)(F)C(F)(F)F)O1. The average molecular weight is 548 g/mol. The van der Waals surface area contributed by atoms with Crippen LogP contribution in [0.15, 0.2) is 0 Å². The number of rotatable bonds is 2. The van der Waals surface area contributed by atoms with E-state index >= 15 is 0 Å². The van der Waals surface area contributed by atoms with Gasteiger partial charge in [0.05, 0.1) is 0 Å². The molecule has 2 rings (SSSR count). The van der Waals surface area contributed by atoms with E-state index in [1.807, 2.05) is 0 Å². The first-order chi connectivity index (χ1) is 14.7. The van der Waals surface area contributed by atoms with Crippen LogP contribution in [0.1, 0.15) is 0 Å². The van der Waals surface area contributed by atoms with Crippen molar-refractivity contribution in [2.75, 3.05) is 13.2 Å². The lowest BCUT2D eigenvalue weighted by Gasteiger charge is -2.35. The number of halogens is 16. The van der Waals surface area contributed by atoms with Crippen molar-refractivity contribution in [3.63, 3.8) is 0 Å². The summed E-state index contributed by atoms with van der Waals surface area (Å²) >= 11 is 0. The van der Waals surface area contributed by atoms with Gasteiger partial charge in [-0.2, -0.15) is 70.2 Å². The highest BCUT2D eigenvalue weighted by molar-refractivity contribution is 5.64. The molecule has 0 bridgehead atoms. The Kier molecular flexibility index (Phi) is 6.92. The molecule has 2 aliphatic rings. The fraction of sp³-hybridized carbons (Fsp3) is 0.833. The van der Waals surface area contributed by atoms with Crippen LogP contribution in [0.3, 0.4) is 0 Å². The lowest BCUT2D eigenvalue weighted by molar-refractivity contribution is -0.392. The Hall–Kier alpha value is -2.58. The number of ether oxygens (including phenoxy) is 4. The zero-order valence-corrected chi connectivity index (χ0v) is 14.9. The summed E-state index contributed by atoms with van der Waals surface area (Å²) in [5.41, 5.74) is -10.1. The standard InChI is InChI=1S/2C6H2F8O3/c2*7-4(8,6(12,13)14)3(5(9,10)11)1-16-2(15)17-3/h2*1H2. The third-order valence-corrected chi connectivity index (χ3v) is 3.94. The third-order valence-electron chi connectivity index (χ3n) is 3.94. The monoisotopic (exact) mass is 548 g/mol. The molecule has 0 aromatic carbocycles. The first-order valence-electron chi connectivity index (χ1n) is 7.44. The predicted octanol–water partition coefficient (Wildman–Crippen LogP) is 5.30. The number of carbonyl (C=O) groups excluding carboxylic acids is 2. The summed E-state index contributed by atoms with van der Waals surface area (Å²) < 4.78 is 209. The Bertz CT molecular complexity index is 728. The van der Waals surface area contributed by atoms with Crippen LogP contribution < -0.4 is 0 Å². The van der Waals surface area contributed by atoms with Crippen molar-refractivity contribution >= 4 is 12.3 Å². The molecular formula is C12H4F16O6. The van der Waals surface area contributed by atoms with Gasteiger partial charge in [0.25, 0.3) is 0 Å². The maximum atomic E-state index is 12.8. The Morgan fingerprint density at radius 1 is 0.500 bits per heavy atom. The van der Waals surface area contributed by atoms with Crippen LogP contribution >= 0.6 is 0 Å². The summed E-state index contributed by atoms with van der Waals surface area (Å²) in [4.78, 5) is 20.5. The highest BCUT2D eigenvalue weighted by Gasteiger charge is 2.86. The minimum Gasteiger partial charge on any atom is -0.429 e. The molecule has 2 heterocycles. The first-order valence-corrected chi connectivity index (χ1v) is 7.44. The lowest BCUT2D eigenvalue weighted by Crippen LogP contribution is -2.66. The summed E-state index contributed by atoms with van der Waals surface area (Å²) in [6.07, 6.45) is -29.9. The van der Waals surface area contributed by atoms with Gasteiger partial charge in [0.2, 0.25) is 0 Å². The maximum absolute atomic E-state index is 12.8. The summed E-state index contributed by atoms with van der Waals surface area (Å²) in [5.74, 6) is -12.6. The molecule has 0 aromatic heterocycles. The van der Waals surface area contributed by atoms with Gasteiger partial charge in [0, 0.05) is 0 Å². The number of alkyl halides is 16. The molecule has 0 N–H and O–H groups in total. The zero-order chi connectivity index (χ0) is 27.4. The van der Waals surface area contributed by atoms with Gasteiger partial charge in [-0.15, -0.1) is 0 Å². The minimum atomic E-state index is -6.55. The van der Waals surface area contributed by atoms with E-state index in [1.165, 1.54) is 0 Å². The smallest absolute Gasteiger partial charge is 0.429 e. The van der Waals surface area contributed by atoms with Crippen molar-refractivity contribution in [1.82, 2.24) is 0 Å². The van der Waals surface area contributed by atoms with Crippen molar-refractivity contribution in [2.45, 2.75) is 47.8 Å². The van der Waals surface area contributed by atoms with Crippen molar-refractivity contribution in [2.24, 2.45) is 0 Å². The van der Waals surface area contributed by atoms with E-state index in [-0.39, 0.29) is 0 Å². The second-order valence-corrected chi connectivity index (χ2v) is 6.08. The molecule has 34 heavy (non-hydrogen) atoms. The van der Waals surface area contributed by atoms with Crippen LogP contribution in [0.2, 0.25) is 0 Å². The van der Waals surface area contributed by atoms with Crippen molar-refractivity contribution in [1.29, 1.82) is 0 Å². The van der Waals surface area contributed by atoms with Crippen LogP contribution in [-0.2, 0) is 18.9 Å². The van der Waals surface area contributed by atoms with Crippen molar-refractivity contribution in [3.05, 3.63) is 0 Å². The van der Waals surface area contributed by atoms with E-state index in [2.05, 4.69) is 18.9 Å². The summed E-state index contributed by atoms with van der Waals surface area (Å²) in [7, 11) is 0. The van der Waals surface area contributed by atoms with Crippen LogP contribution in [-0.4, -0.2) is 73.3 Å². The number of hydrogen-bond donors (Lipinski definition) is 0. The van der Waals surface area contributed by atoms with Crippen molar-refractivity contribution < 1.29 is 98.8 Å². The molecule has 200 valence electrons. The Morgan fingerprint density at radius 3 is 0.853 bits per heavy atom. The van der Waals surface area contributed by atoms with E-state index in [0.29, 0.717) is 0 Å². The maximum Gasteiger partial charge on any atom is 0.509 e. The molecule has 2 fully saturated rings. The number of carbonyl (C=O) groups is 2. The molecule has 2 unspecified atom stereocenters. The lowest BCUT2D eigenvalue weighted by atomic mass is 9.95. The Balaban J connectivity index is 0.000000340. The van der Waals surface area contributed by atoms with Gasteiger partial charge in [0.1, 0.15) is 0 Å². The van der Waals surface area contributed by atoms with E-state index in [1.54, 1.807) is 0 Å². The first kappa shape index (κ1) is 29.5. The quantitative estimate of drug-likeness (QED) is 0.345. The van der Waals surface area contributed by atoms with Crippen LogP contribution in [0.4, 0.5) is 79.8 Å². The molecule has 6 nitrogen and oxygen atoms in total. The van der Waals surface area contributed by atoms with Gasteiger partial charge in [-0.3, -0.25) is 0 Å². The van der Waals surface area contributed by atoms with Crippen molar-refractivity contribution in [3.8, 4) is 0 Å². The molecule has 22 heteroatoms.